The van der Waals surface area contributed by atoms with Gasteiger partial charge in [-0.05, 0) is 49.2 Å². The molecule has 13 N–H and O–H groups in total. The molecule has 0 aliphatic carbocycles. The molecule has 7 aromatic heterocycles. The zero-order chi connectivity index (χ0) is 64.9. The van der Waals surface area contributed by atoms with Crippen LogP contribution in [-0.2, 0) is 25.6 Å². The molecule has 0 saturated heterocycles. The average molecular weight is 1340 g/mol. The quantitative estimate of drug-likeness (QED) is 0.0524. The predicted octanol–water partition coefficient (Wildman–Crippen LogP) is 6.39. The first-order chi connectivity index (χ1) is 43.5. The second-order valence-electron chi connectivity index (χ2n) is 20.6. The number of aryl methyl sites for hydroxylation is 1. The van der Waals surface area contributed by atoms with Crippen molar-refractivity contribution < 1.29 is 59.1 Å². The Morgan fingerprint density at radius 1 is 0.659 bits per heavy atom. The number of rotatable bonds is 14. The van der Waals surface area contributed by atoms with E-state index < -0.39 is 101 Å². The minimum atomic E-state index is -1.56. The number of primary amides is 1. The number of pyridine rings is 1. The number of fused-ring (bicyclic) bond motifs is 14. The Labute approximate surface area is 540 Å². The molecular weight excluding hydrogens is 1290 g/mol. The van der Waals surface area contributed by atoms with Crippen LogP contribution in [0, 0.1) is 12.8 Å². The number of phenolic OH excluding ortho intramolecular Hbond substituents is 1. The van der Waals surface area contributed by atoms with Gasteiger partial charge >= 0.3 is 5.97 Å². The summed E-state index contributed by atoms with van der Waals surface area (Å²) in [5, 5.41) is 79.8. The molecule has 6 amide bonds. The molecule has 1 aliphatic heterocycles. The fourth-order valence-corrected chi connectivity index (χ4v) is 14.4. The lowest BCUT2D eigenvalue weighted by Crippen LogP contribution is -2.50. The third-order valence-corrected chi connectivity index (χ3v) is 19.7. The topological polar surface area (TPSA) is 409 Å². The number of aliphatic carboxylic acids is 1. The van der Waals surface area contributed by atoms with Crippen LogP contribution in [0.4, 0.5) is 0 Å². The lowest BCUT2D eigenvalue weighted by molar-refractivity contribution is -0.134. The number of nitrogens with two attached hydrogens (primary N) is 1. The third-order valence-electron chi connectivity index (χ3n) is 14.1. The molecule has 8 unspecified atom stereocenters. The van der Waals surface area contributed by atoms with Gasteiger partial charge in [0.2, 0.25) is 11.8 Å². The molecule has 468 valence electrons. The van der Waals surface area contributed by atoms with Crippen molar-refractivity contribution in [1.29, 1.82) is 0 Å². The second-order valence-corrected chi connectivity index (χ2v) is 26.2. The van der Waals surface area contributed by atoms with Crippen molar-refractivity contribution in [3.63, 3.8) is 0 Å². The molecule has 8 heterocycles. The van der Waals surface area contributed by atoms with Crippen LogP contribution in [0.2, 0.25) is 0 Å². The van der Waals surface area contributed by atoms with Gasteiger partial charge in [0.1, 0.15) is 100 Å². The lowest BCUT2D eigenvalue weighted by Gasteiger charge is -2.28. The number of hydrogen-bond acceptors (Lipinski definition) is 25. The average Bonchev–Trinajstić information content (AvgIpc) is 1.72. The number of nitrogens with one attached hydrogen (secondary N) is 6. The largest absolute Gasteiger partial charge is 0.508 e. The maximum Gasteiger partial charge on any atom is 0.351 e. The van der Waals surface area contributed by atoms with E-state index in [9.17, 15) is 54.0 Å². The number of aliphatic hydroxyl groups excluding tert-OH is 3. The highest BCUT2D eigenvalue weighted by atomic mass is 32.1. The molecule has 9 aromatic rings. The van der Waals surface area contributed by atoms with E-state index in [-0.39, 0.29) is 67.8 Å². The summed E-state index contributed by atoms with van der Waals surface area (Å²) < 4.78 is 0. The highest BCUT2D eigenvalue weighted by Gasteiger charge is 2.35. The molecule has 26 nitrogen and oxygen atoms in total. The minimum Gasteiger partial charge on any atom is -0.508 e. The number of carbonyl (C=O) groups is 7. The number of amides is 6. The van der Waals surface area contributed by atoms with E-state index in [4.69, 9.17) is 30.8 Å². The maximum atomic E-state index is 14.8. The SMILES string of the molecule is C=C(NC(=O)C(=C)NC(=O)c1csc(-c2ccc3c(n2)-c2csc(n2)-c2csc(n2)C(C(C)C(C)O)NC(=O)C(Cc2ccc(O)cc2)NC(=O)c2csc(n2)C(C(O)c2ccccc2)NC(=O)c2nc(sc2C)C(CC(N)=O)NC(O)c2csc-3n2)n1)C(=O)O. The molecular formula is C59H54N14O12S6. The van der Waals surface area contributed by atoms with Crippen molar-refractivity contribution in [2.75, 3.05) is 0 Å². The zero-order valence-corrected chi connectivity index (χ0v) is 52.8. The van der Waals surface area contributed by atoms with Gasteiger partial charge in [-0.25, -0.2) is 39.7 Å². The van der Waals surface area contributed by atoms with Gasteiger partial charge in [-0.2, -0.15) is 0 Å². The molecule has 0 fully saturated rings. The summed E-state index contributed by atoms with van der Waals surface area (Å²) in [6.07, 6.45) is -4.42. The van der Waals surface area contributed by atoms with E-state index in [0.29, 0.717) is 48.0 Å². The summed E-state index contributed by atoms with van der Waals surface area (Å²) in [7, 11) is 0. The van der Waals surface area contributed by atoms with Gasteiger partial charge in [-0.1, -0.05) is 62.5 Å². The first-order valence-corrected chi connectivity index (χ1v) is 32.5. The van der Waals surface area contributed by atoms with E-state index in [1.165, 1.54) is 45.6 Å². The van der Waals surface area contributed by atoms with Crippen LogP contribution in [0.25, 0.3) is 43.4 Å². The van der Waals surface area contributed by atoms with Gasteiger partial charge in [0.25, 0.3) is 23.6 Å². The van der Waals surface area contributed by atoms with Crippen molar-refractivity contribution in [2.24, 2.45) is 11.7 Å². The summed E-state index contributed by atoms with van der Waals surface area (Å²) in [6, 6.07) is 13.3. The van der Waals surface area contributed by atoms with Crippen LogP contribution in [0.15, 0.2) is 118 Å². The molecule has 0 radical (unpaired) electrons. The summed E-state index contributed by atoms with van der Waals surface area (Å²) in [6.45, 7) is 11.7. The Morgan fingerprint density at radius 3 is 2.04 bits per heavy atom. The molecule has 8 atom stereocenters. The molecule has 0 spiro atoms. The minimum absolute atomic E-state index is 0.0270. The molecule has 2 aromatic carbocycles. The monoisotopic (exact) mass is 1340 g/mol. The number of aromatic hydroxyl groups is 1. The van der Waals surface area contributed by atoms with Crippen molar-refractivity contribution in [2.45, 2.75) is 76.2 Å². The fraction of sp³-hybridized carbons (Fsp3) is 0.220. The maximum absolute atomic E-state index is 14.8. The van der Waals surface area contributed by atoms with Gasteiger partial charge < -0.3 is 57.9 Å². The molecule has 32 heteroatoms. The van der Waals surface area contributed by atoms with Gasteiger partial charge in [-0.3, -0.25) is 34.1 Å². The summed E-state index contributed by atoms with van der Waals surface area (Å²) in [5.74, 6) is -7.00. The van der Waals surface area contributed by atoms with E-state index in [1.807, 2.05) is 5.32 Å². The lowest BCUT2D eigenvalue weighted by atomic mass is 9.96. The van der Waals surface area contributed by atoms with Crippen molar-refractivity contribution in [1.82, 2.24) is 66.8 Å². The van der Waals surface area contributed by atoms with Crippen molar-refractivity contribution in [3.8, 4) is 49.1 Å². The fourth-order valence-electron chi connectivity index (χ4n) is 9.12. The van der Waals surface area contributed by atoms with Crippen molar-refractivity contribution >= 4 is 109 Å². The highest BCUT2D eigenvalue weighted by Crippen LogP contribution is 2.40. The van der Waals surface area contributed by atoms with Crippen LogP contribution < -0.4 is 37.6 Å². The standard InChI is InChI=1S/C59H54N14O12S6/c1-24(27(4)74)42-57-70-40(23-90-57)55-66-36(19-87-55)44-32(15-16-33(63-44)54-68-37(21-88-54)49(80)61-25(2)47(78)62-26(3)59(84)85)53-67-38(20-86-53)51(82)65-35(18-41(60)76)56-73-43(28(5)91-56)52(83)72-45(46(77)30-9-7-6-8-10-30)58-69-39(22-89-58)50(81)64-34(48(79)71-42)17-29-11-13-31(75)14-12-29/h6-16,19-24,27,34-35,42,45-46,51,65,74-75,77,82H,2-3,17-18H2,1,4-5H3,(H2,60,76)(H,61,80)(H,62,78)(H,64,81)(H,71,79)(H,72,83)(H,84,85). The molecule has 0 saturated carbocycles. The van der Waals surface area contributed by atoms with Crippen LogP contribution in [0.5, 0.6) is 5.75 Å². The Morgan fingerprint density at radius 2 is 1.33 bits per heavy atom. The predicted molar refractivity (Wildman–Crippen MR) is 340 cm³/mol. The molecule has 91 heavy (non-hydrogen) atoms. The summed E-state index contributed by atoms with van der Waals surface area (Å²) in [4.78, 5) is 127. The number of nitrogens with zero attached hydrogens (tertiary/aromatic N) is 7. The highest BCUT2D eigenvalue weighted by molar-refractivity contribution is 7.15. The van der Waals surface area contributed by atoms with Gasteiger partial charge in [0.15, 0.2) is 0 Å². The van der Waals surface area contributed by atoms with E-state index in [0.717, 1.165) is 45.3 Å². The number of thiazole rings is 6. The summed E-state index contributed by atoms with van der Waals surface area (Å²) >= 11 is 6.61. The number of benzene rings is 2. The number of aliphatic hydroxyl groups is 3. The van der Waals surface area contributed by atoms with Crippen LogP contribution in [-0.4, -0.2) is 114 Å². The smallest absolute Gasteiger partial charge is 0.351 e. The second kappa shape index (κ2) is 27.9. The number of hydrogen-bond donors (Lipinski definition) is 12. The van der Waals surface area contributed by atoms with Gasteiger partial charge in [0, 0.05) is 56.1 Å². The Hall–Kier alpha value is -9.22. The van der Waals surface area contributed by atoms with Crippen LogP contribution in [0.3, 0.4) is 0 Å². The first kappa shape index (κ1) is 64.8. The Bertz CT molecular complexity index is 4270. The van der Waals surface area contributed by atoms with Gasteiger partial charge in [0.05, 0.1) is 35.3 Å². The van der Waals surface area contributed by atoms with E-state index in [2.05, 4.69) is 54.7 Å². The third kappa shape index (κ3) is 15.0. The number of carbonyl (C=O) groups excluding carboxylic acids is 6. The number of carboxylic acids is 1. The molecule has 10 rings (SSSR count). The van der Waals surface area contributed by atoms with E-state index in [1.54, 1.807) is 91.5 Å². The van der Waals surface area contributed by atoms with Crippen LogP contribution >= 0.6 is 68.0 Å². The van der Waals surface area contributed by atoms with Gasteiger partial charge in [-0.15, -0.1) is 68.0 Å². The molecule has 1 aliphatic rings. The molecule has 10 bridgehead atoms. The first-order valence-electron chi connectivity index (χ1n) is 27.3. The van der Waals surface area contributed by atoms with Crippen LogP contribution in [0.1, 0.15) is 119 Å². The Kier molecular flexibility index (Phi) is 19.8. The number of aromatic nitrogens is 7. The number of phenols is 1. The normalized spacial score (nSPS) is 18.1. The summed E-state index contributed by atoms with van der Waals surface area (Å²) in [5.41, 5.74) is 7.05. The van der Waals surface area contributed by atoms with Crippen molar-refractivity contribution in [3.05, 3.63) is 172 Å². The zero-order valence-electron chi connectivity index (χ0n) is 47.9. The van der Waals surface area contributed by atoms with E-state index >= 15 is 0 Å². The Balaban J connectivity index is 1.05. The number of carboxylic acid groups (broad SMARTS) is 1.